The first-order chi connectivity index (χ1) is 11.8. The van der Waals surface area contributed by atoms with Gasteiger partial charge in [-0.1, -0.05) is 29.8 Å². The Bertz CT molecular complexity index is 561. The van der Waals surface area contributed by atoms with E-state index >= 15 is 0 Å². The first-order valence-electron chi connectivity index (χ1n) is 9.00. The van der Waals surface area contributed by atoms with E-state index in [1.54, 1.807) is 0 Å². The maximum Gasteiger partial charge on any atom is 0.193 e. The summed E-state index contributed by atoms with van der Waals surface area (Å²) in [5, 5.41) is 3.50. The van der Waals surface area contributed by atoms with Crippen molar-refractivity contribution in [2.24, 2.45) is 4.99 Å². The second kappa shape index (κ2) is 10.3. The van der Waals surface area contributed by atoms with Gasteiger partial charge in [0, 0.05) is 33.3 Å². The molecule has 2 atom stereocenters. The second-order valence-corrected chi connectivity index (χ2v) is 6.62. The van der Waals surface area contributed by atoms with Gasteiger partial charge in [-0.25, -0.2) is 0 Å². The van der Waals surface area contributed by atoms with E-state index in [0.717, 1.165) is 58.1 Å². The number of hydrogen-bond donors (Lipinski definition) is 1. The molecule has 2 aliphatic rings. The summed E-state index contributed by atoms with van der Waals surface area (Å²) in [5.41, 5.74) is 2.67. The van der Waals surface area contributed by atoms with Crippen molar-refractivity contribution in [3.63, 3.8) is 0 Å². The first-order valence-corrected chi connectivity index (χ1v) is 9.00. The Morgan fingerprint density at radius 2 is 2.12 bits per heavy atom. The van der Waals surface area contributed by atoms with Crippen molar-refractivity contribution < 1.29 is 9.47 Å². The van der Waals surface area contributed by atoms with E-state index in [1.165, 1.54) is 11.1 Å². The fourth-order valence-corrected chi connectivity index (χ4v) is 3.51. The molecule has 140 valence electrons. The summed E-state index contributed by atoms with van der Waals surface area (Å²) in [5.74, 6) is 0.967. The van der Waals surface area contributed by atoms with Gasteiger partial charge in [0.05, 0.1) is 12.7 Å². The largest absolute Gasteiger partial charge is 0.375 e. The SMILES string of the molecule is CN=C(NCCc1cccc(C)c1)N1CCOC(C2CCCO2)C1.I. The topological polar surface area (TPSA) is 46.1 Å². The van der Waals surface area contributed by atoms with Crippen molar-refractivity contribution >= 4 is 29.9 Å². The van der Waals surface area contributed by atoms with Crippen LogP contribution >= 0.6 is 24.0 Å². The number of morpholine rings is 1. The minimum Gasteiger partial charge on any atom is -0.375 e. The van der Waals surface area contributed by atoms with Crippen LogP contribution in [0, 0.1) is 6.92 Å². The molecule has 2 unspecified atom stereocenters. The number of guanidine groups is 1. The molecule has 1 N–H and O–H groups in total. The fraction of sp³-hybridized carbons (Fsp3) is 0.632. The molecule has 0 amide bonds. The molecule has 3 rings (SSSR count). The van der Waals surface area contributed by atoms with Gasteiger partial charge in [-0.05, 0) is 31.7 Å². The highest BCUT2D eigenvalue weighted by Gasteiger charge is 2.32. The van der Waals surface area contributed by atoms with Crippen LogP contribution in [0.3, 0.4) is 0 Å². The molecule has 2 aliphatic heterocycles. The first kappa shape index (κ1) is 20.5. The van der Waals surface area contributed by atoms with Crippen LogP contribution in [-0.4, -0.2) is 63.0 Å². The average molecular weight is 459 g/mol. The summed E-state index contributed by atoms with van der Waals surface area (Å²) in [6, 6.07) is 8.68. The van der Waals surface area contributed by atoms with Gasteiger partial charge in [-0.15, -0.1) is 24.0 Å². The van der Waals surface area contributed by atoms with Crippen LogP contribution in [0.1, 0.15) is 24.0 Å². The fourth-order valence-electron chi connectivity index (χ4n) is 3.51. The zero-order chi connectivity index (χ0) is 16.8. The highest BCUT2D eigenvalue weighted by atomic mass is 127. The monoisotopic (exact) mass is 459 g/mol. The number of nitrogens with zero attached hydrogens (tertiary/aromatic N) is 2. The minimum atomic E-state index is 0. The lowest BCUT2D eigenvalue weighted by Crippen LogP contribution is -2.53. The Hall–Kier alpha value is -0.860. The van der Waals surface area contributed by atoms with Crippen molar-refractivity contribution in [1.82, 2.24) is 10.2 Å². The molecular formula is C19H30IN3O2. The molecule has 2 saturated heterocycles. The number of nitrogens with one attached hydrogen (secondary N) is 1. The van der Waals surface area contributed by atoms with E-state index in [0.29, 0.717) is 0 Å². The molecule has 0 spiro atoms. The summed E-state index contributed by atoms with van der Waals surface area (Å²) >= 11 is 0. The third-order valence-electron chi connectivity index (χ3n) is 4.76. The van der Waals surface area contributed by atoms with Crippen molar-refractivity contribution in [3.8, 4) is 0 Å². The summed E-state index contributed by atoms with van der Waals surface area (Å²) in [7, 11) is 1.85. The predicted molar refractivity (Wildman–Crippen MR) is 112 cm³/mol. The van der Waals surface area contributed by atoms with Gasteiger partial charge in [0.15, 0.2) is 5.96 Å². The highest BCUT2D eigenvalue weighted by Crippen LogP contribution is 2.21. The average Bonchev–Trinajstić information content (AvgIpc) is 3.14. The summed E-state index contributed by atoms with van der Waals surface area (Å²) in [4.78, 5) is 6.75. The van der Waals surface area contributed by atoms with E-state index < -0.39 is 0 Å². The molecular weight excluding hydrogens is 429 g/mol. The van der Waals surface area contributed by atoms with Crippen molar-refractivity contribution in [2.75, 3.05) is 39.9 Å². The Kier molecular flexibility index (Phi) is 8.45. The number of rotatable bonds is 4. The van der Waals surface area contributed by atoms with Crippen LogP contribution in [-0.2, 0) is 15.9 Å². The lowest BCUT2D eigenvalue weighted by Gasteiger charge is -2.37. The maximum atomic E-state index is 5.92. The normalized spacial score (nSPS) is 24.1. The molecule has 0 bridgehead atoms. The van der Waals surface area contributed by atoms with Crippen LogP contribution < -0.4 is 5.32 Å². The van der Waals surface area contributed by atoms with E-state index in [2.05, 4.69) is 46.4 Å². The molecule has 2 heterocycles. The molecule has 0 aromatic heterocycles. The molecule has 0 radical (unpaired) electrons. The molecule has 2 fully saturated rings. The standard InChI is InChI=1S/C19H29N3O2.HI/c1-15-5-3-6-16(13-15)8-9-21-19(20-2)22-10-12-24-18(14-22)17-7-4-11-23-17;/h3,5-6,13,17-18H,4,7-12,14H2,1-2H3,(H,20,21);1H. The van der Waals surface area contributed by atoms with Crippen molar-refractivity contribution in [2.45, 2.75) is 38.4 Å². The molecule has 1 aromatic carbocycles. The van der Waals surface area contributed by atoms with E-state index in [4.69, 9.17) is 9.47 Å². The number of ether oxygens (including phenoxy) is 2. The maximum absolute atomic E-state index is 5.92. The van der Waals surface area contributed by atoms with E-state index in [1.807, 2.05) is 7.05 Å². The third kappa shape index (κ3) is 5.82. The molecule has 25 heavy (non-hydrogen) atoms. The van der Waals surface area contributed by atoms with Gasteiger partial charge >= 0.3 is 0 Å². The molecule has 5 nitrogen and oxygen atoms in total. The number of aryl methyl sites for hydroxylation is 1. The highest BCUT2D eigenvalue weighted by molar-refractivity contribution is 14.0. The van der Waals surface area contributed by atoms with Crippen molar-refractivity contribution in [3.05, 3.63) is 35.4 Å². The smallest absolute Gasteiger partial charge is 0.193 e. The van der Waals surface area contributed by atoms with Crippen LogP contribution in [0.15, 0.2) is 29.3 Å². The molecule has 6 heteroatoms. The Labute approximate surface area is 168 Å². The van der Waals surface area contributed by atoms with Gasteiger partial charge in [-0.2, -0.15) is 0 Å². The van der Waals surface area contributed by atoms with Gasteiger partial charge in [0.1, 0.15) is 6.10 Å². The molecule has 0 saturated carbocycles. The lowest BCUT2D eigenvalue weighted by molar-refractivity contribution is -0.0816. The predicted octanol–water partition coefficient (Wildman–Crippen LogP) is 2.61. The van der Waals surface area contributed by atoms with Gasteiger partial charge in [0.25, 0.3) is 0 Å². The summed E-state index contributed by atoms with van der Waals surface area (Å²) in [6.07, 6.45) is 3.67. The quantitative estimate of drug-likeness (QED) is 0.427. The van der Waals surface area contributed by atoms with Crippen LogP contribution in [0.25, 0.3) is 0 Å². The summed E-state index contributed by atoms with van der Waals surface area (Å²) in [6.45, 7) is 6.37. The number of aliphatic imine (C=N–C) groups is 1. The van der Waals surface area contributed by atoms with Gasteiger partial charge in [-0.3, -0.25) is 4.99 Å². The zero-order valence-electron chi connectivity index (χ0n) is 15.2. The Morgan fingerprint density at radius 1 is 1.28 bits per heavy atom. The van der Waals surface area contributed by atoms with Gasteiger partial charge in [0.2, 0.25) is 0 Å². The Morgan fingerprint density at radius 3 is 2.84 bits per heavy atom. The number of halogens is 1. The minimum absolute atomic E-state index is 0. The number of hydrogen-bond acceptors (Lipinski definition) is 3. The van der Waals surface area contributed by atoms with Crippen molar-refractivity contribution in [1.29, 1.82) is 0 Å². The van der Waals surface area contributed by atoms with Gasteiger partial charge < -0.3 is 19.7 Å². The Balaban J connectivity index is 0.00000225. The lowest BCUT2D eigenvalue weighted by atomic mass is 10.1. The van der Waals surface area contributed by atoms with Crippen LogP contribution in [0.4, 0.5) is 0 Å². The molecule has 0 aliphatic carbocycles. The van der Waals surface area contributed by atoms with E-state index in [9.17, 15) is 0 Å². The van der Waals surface area contributed by atoms with E-state index in [-0.39, 0.29) is 36.2 Å². The third-order valence-corrected chi connectivity index (χ3v) is 4.76. The number of benzene rings is 1. The molecule has 1 aromatic rings. The van der Waals surface area contributed by atoms with Crippen LogP contribution in [0.2, 0.25) is 0 Å². The van der Waals surface area contributed by atoms with Crippen LogP contribution in [0.5, 0.6) is 0 Å². The second-order valence-electron chi connectivity index (χ2n) is 6.62. The zero-order valence-corrected chi connectivity index (χ0v) is 17.6. The summed E-state index contributed by atoms with van der Waals surface area (Å²) < 4.78 is 11.7.